The van der Waals surface area contributed by atoms with Gasteiger partial charge in [-0.3, -0.25) is 4.79 Å². The molecule has 4 nitrogen and oxygen atoms in total. The summed E-state index contributed by atoms with van der Waals surface area (Å²) in [7, 11) is 0. The lowest BCUT2D eigenvalue weighted by atomic mass is 9.98. The van der Waals surface area contributed by atoms with Crippen LogP contribution in [0.4, 0.5) is 5.69 Å². The van der Waals surface area contributed by atoms with Gasteiger partial charge in [0, 0.05) is 24.1 Å². The molecule has 0 aliphatic heterocycles. The Morgan fingerprint density at radius 1 is 1.19 bits per heavy atom. The van der Waals surface area contributed by atoms with Crippen molar-refractivity contribution in [3.63, 3.8) is 0 Å². The molecular formula is C22H23ClN2O2. The minimum absolute atomic E-state index is 0.0521. The second-order valence-electron chi connectivity index (χ2n) is 6.84. The van der Waals surface area contributed by atoms with Crippen LogP contribution in [-0.4, -0.2) is 10.9 Å². The first kappa shape index (κ1) is 19.2. The molecule has 0 fully saturated rings. The highest BCUT2D eigenvalue weighted by atomic mass is 35.5. The summed E-state index contributed by atoms with van der Waals surface area (Å²) in [6.45, 7) is 6.24. The topological polar surface area (TPSA) is 55.1 Å². The Balaban J connectivity index is 1.65. The van der Waals surface area contributed by atoms with Crippen LogP contribution < -0.4 is 5.32 Å². The maximum absolute atomic E-state index is 12.4. The van der Waals surface area contributed by atoms with E-state index in [1.54, 1.807) is 12.3 Å². The van der Waals surface area contributed by atoms with E-state index in [2.05, 4.69) is 30.2 Å². The van der Waals surface area contributed by atoms with Crippen molar-refractivity contribution in [2.45, 2.75) is 39.5 Å². The molecule has 0 saturated carbocycles. The smallest absolute Gasteiger partial charge is 0.224 e. The first-order chi connectivity index (χ1) is 13.0. The lowest BCUT2D eigenvalue weighted by Crippen LogP contribution is -2.15. The molecule has 1 aromatic heterocycles. The van der Waals surface area contributed by atoms with E-state index in [0.717, 1.165) is 22.4 Å². The number of para-hydroxylation sites is 1. The highest BCUT2D eigenvalue weighted by molar-refractivity contribution is 6.33. The fraction of sp³-hybridized carbons (Fsp3) is 0.273. The molecule has 0 aliphatic carbocycles. The normalized spacial score (nSPS) is 11.0. The van der Waals surface area contributed by atoms with E-state index >= 15 is 0 Å². The van der Waals surface area contributed by atoms with Crippen LogP contribution in [0, 0.1) is 6.92 Å². The van der Waals surface area contributed by atoms with Gasteiger partial charge >= 0.3 is 0 Å². The van der Waals surface area contributed by atoms with Crippen LogP contribution in [0.15, 0.2) is 53.1 Å². The van der Waals surface area contributed by atoms with Crippen LogP contribution in [0.2, 0.25) is 5.02 Å². The van der Waals surface area contributed by atoms with Crippen molar-refractivity contribution in [1.82, 2.24) is 4.98 Å². The molecule has 3 rings (SSSR count). The second-order valence-corrected chi connectivity index (χ2v) is 7.25. The number of aryl methyl sites for hydroxylation is 2. The molecule has 2 aromatic carbocycles. The third kappa shape index (κ3) is 4.58. The van der Waals surface area contributed by atoms with Crippen molar-refractivity contribution in [3.05, 3.63) is 70.7 Å². The van der Waals surface area contributed by atoms with E-state index in [9.17, 15) is 4.79 Å². The second kappa shape index (κ2) is 8.40. The maximum Gasteiger partial charge on any atom is 0.224 e. The molecule has 0 spiro atoms. The molecule has 1 heterocycles. The third-order valence-corrected chi connectivity index (χ3v) is 4.78. The predicted octanol–water partition coefficient (Wildman–Crippen LogP) is 6.00. The lowest BCUT2D eigenvalue weighted by molar-refractivity contribution is -0.116. The third-order valence-electron chi connectivity index (χ3n) is 4.45. The van der Waals surface area contributed by atoms with Crippen LogP contribution in [0.25, 0.3) is 11.3 Å². The van der Waals surface area contributed by atoms with Gasteiger partial charge in [0.15, 0.2) is 11.7 Å². The average Bonchev–Trinajstić information content (AvgIpc) is 3.10. The summed E-state index contributed by atoms with van der Waals surface area (Å²) >= 11 is 6.19. The van der Waals surface area contributed by atoms with E-state index < -0.39 is 0 Å². The number of carbonyl (C=O) groups is 1. The fourth-order valence-electron chi connectivity index (χ4n) is 2.98. The van der Waals surface area contributed by atoms with Gasteiger partial charge in [-0.1, -0.05) is 55.8 Å². The van der Waals surface area contributed by atoms with Crippen LogP contribution >= 0.6 is 11.6 Å². The SMILES string of the molecule is Cc1cccc(C(C)C)c1NC(=O)CCc1ncc(-c2ccccc2Cl)o1. The molecule has 5 heteroatoms. The fourth-order valence-corrected chi connectivity index (χ4v) is 3.20. The number of nitrogens with zero attached hydrogens (tertiary/aromatic N) is 1. The quantitative estimate of drug-likeness (QED) is 0.569. The number of benzene rings is 2. The van der Waals surface area contributed by atoms with Gasteiger partial charge in [0.05, 0.1) is 11.2 Å². The summed E-state index contributed by atoms with van der Waals surface area (Å²) in [4.78, 5) is 16.7. The zero-order chi connectivity index (χ0) is 19.4. The van der Waals surface area contributed by atoms with Crippen molar-refractivity contribution >= 4 is 23.2 Å². The van der Waals surface area contributed by atoms with Crippen LogP contribution in [0.5, 0.6) is 0 Å². The van der Waals surface area contributed by atoms with Gasteiger partial charge in [0.1, 0.15) is 0 Å². The molecule has 0 bridgehead atoms. The molecule has 0 atom stereocenters. The molecule has 27 heavy (non-hydrogen) atoms. The monoisotopic (exact) mass is 382 g/mol. The van der Waals surface area contributed by atoms with Crippen molar-refractivity contribution in [1.29, 1.82) is 0 Å². The number of carbonyl (C=O) groups excluding carboxylic acids is 1. The summed E-state index contributed by atoms with van der Waals surface area (Å²) in [6, 6.07) is 13.5. The van der Waals surface area contributed by atoms with E-state index in [1.807, 2.05) is 37.3 Å². The summed E-state index contributed by atoms with van der Waals surface area (Å²) in [5, 5.41) is 3.66. The number of rotatable bonds is 6. The molecule has 3 aromatic rings. The summed E-state index contributed by atoms with van der Waals surface area (Å²) in [5.74, 6) is 1.42. The van der Waals surface area contributed by atoms with Gasteiger partial charge in [-0.2, -0.15) is 0 Å². The number of hydrogen-bond acceptors (Lipinski definition) is 3. The van der Waals surface area contributed by atoms with Crippen molar-refractivity contribution < 1.29 is 9.21 Å². The van der Waals surface area contributed by atoms with Gasteiger partial charge in [-0.15, -0.1) is 0 Å². The van der Waals surface area contributed by atoms with Crippen molar-refractivity contribution in [3.8, 4) is 11.3 Å². The number of nitrogens with one attached hydrogen (secondary N) is 1. The van der Waals surface area contributed by atoms with E-state index in [-0.39, 0.29) is 5.91 Å². The number of amides is 1. The van der Waals surface area contributed by atoms with Gasteiger partial charge in [-0.25, -0.2) is 4.98 Å². The number of hydrogen-bond donors (Lipinski definition) is 1. The van der Waals surface area contributed by atoms with Gasteiger partial charge in [-0.05, 0) is 36.1 Å². The van der Waals surface area contributed by atoms with Crippen LogP contribution in [0.3, 0.4) is 0 Å². The van der Waals surface area contributed by atoms with Crippen molar-refractivity contribution in [2.24, 2.45) is 0 Å². The predicted molar refractivity (Wildman–Crippen MR) is 109 cm³/mol. The average molecular weight is 383 g/mol. The molecule has 0 unspecified atom stereocenters. The summed E-state index contributed by atoms with van der Waals surface area (Å²) in [6.07, 6.45) is 2.38. The number of halogens is 1. The molecule has 0 radical (unpaired) electrons. The molecule has 1 N–H and O–H groups in total. The lowest BCUT2D eigenvalue weighted by Gasteiger charge is -2.16. The molecule has 1 amide bonds. The van der Waals surface area contributed by atoms with E-state index in [4.69, 9.17) is 16.0 Å². The minimum atomic E-state index is -0.0521. The first-order valence-electron chi connectivity index (χ1n) is 9.04. The Kier molecular flexibility index (Phi) is 5.97. The number of anilines is 1. The van der Waals surface area contributed by atoms with Crippen LogP contribution in [-0.2, 0) is 11.2 Å². The Morgan fingerprint density at radius 2 is 1.96 bits per heavy atom. The summed E-state index contributed by atoms with van der Waals surface area (Å²) in [5.41, 5.74) is 3.90. The van der Waals surface area contributed by atoms with Gasteiger partial charge in [0.25, 0.3) is 0 Å². The molecule has 140 valence electrons. The first-order valence-corrected chi connectivity index (χ1v) is 9.42. The Labute approximate surface area is 164 Å². The minimum Gasteiger partial charge on any atom is -0.441 e. The zero-order valence-electron chi connectivity index (χ0n) is 15.8. The Bertz CT molecular complexity index is 947. The van der Waals surface area contributed by atoms with Gasteiger partial charge < -0.3 is 9.73 Å². The Hall–Kier alpha value is -2.59. The largest absolute Gasteiger partial charge is 0.441 e. The highest BCUT2D eigenvalue weighted by Crippen LogP contribution is 2.29. The maximum atomic E-state index is 12.4. The van der Waals surface area contributed by atoms with E-state index in [1.165, 1.54) is 0 Å². The zero-order valence-corrected chi connectivity index (χ0v) is 16.5. The van der Waals surface area contributed by atoms with Crippen molar-refractivity contribution in [2.75, 3.05) is 5.32 Å². The number of aromatic nitrogens is 1. The standard InChI is InChI=1S/C22H23ClN2O2/c1-14(2)16-9-6-7-15(3)22(16)25-20(26)11-12-21-24-13-19(27-21)17-8-4-5-10-18(17)23/h4-10,13-14H,11-12H2,1-3H3,(H,25,26). The molecular weight excluding hydrogens is 360 g/mol. The Morgan fingerprint density at radius 3 is 2.70 bits per heavy atom. The summed E-state index contributed by atoms with van der Waals surface area (Å²) < 4.78 is 5.76. The van der Waals surface area contributed by atoms with Gasteiger partial charge in [0.2, 0.25) is 5.91 Å². The van der Waals surface area contributed by atoms with Crippen LogP contribution in [0.1, 0.15) is 43.2 Å². The molecule has 0 aliphatic rings. The van der Waals surface area contributed by atoms with E-state index in [0.29, 0.717) is 35.4 Å². The highest BCUT2D eigenvalue weighted by Gasteiger charge is 2.14. The number of oxazole rings is 1. The molecule has 0 saturated heterocycles.